The highest BCUT2D eigenvalue weighted by Crippen LogP contribution is 2.20. The first kappa shape index (κ1) is 13.1. The van der Waals surface area contributed by atoms with Crippen molar-refractivity contribution in [1.82, 2.24) is 0 Å². The monoisotopic (exact) mass is 259 g/mol. The Morgan fingerprint density at radius 1 is 1.16 bits per heavy atom. The third kappa shape index (κ3) is 2.73. The van der Waals surface area contributed by atoms with Crippen LogP contribution in [0.15, 0.2) is 42.5 Å². The highest BCUT2D eigenvalue weighted by molar-refractivity contribution is 6.09. The molecule has 0 unspecified atom stereocenters. The number of ketones is 1. The minimum atomic E-state index is -0.543. The normalized spacial score (nSPS) is 10.1. The smallest absolute Gasteiger partial charge is 0.193 e. The number of halogens is 1. The van der Waals surface area contributed by atoms with E-state index >= 15 is 0 Å². The second-order valence-electron chi connectivity index (χ2n) is 4.01. The van der Waals surface area contributed by atoms with Crippen LogP contribution in [-0.2, 0) is 0 Å². The van der Waals surface area contributed by atoms with E-state index in [1.807, 2.05) is 6.07 Å². The van der Waals surface area contributed by atoms with E-state index in [4.69, 9.17) is 4.74 Å². The fraction of sp³-hybridized carbons (Fsp3) is 0.133. The van der Waals surface area contributed by atoms with Gasteiger partial charge in [0.05, 0.1) is 7.11 Å². The highest BCUT2D eigenvalue weighted by atomic mass is 19.1. The Morgan fingerprint density at radius 3 is 2.53 bits per heavy atom. The summed E-state index contributed by atoms with van der Waals surface area (Å²) >= 11 is 0. The van der Waals surface area contributed by atoms with Gasteiger partial charge in [0, 0.05) is 23.9 Å². The van der Waals surface area contributed by atoms with E-state index in [2.05, 4.69) is 5.32 Å². The van der Waals surface area contributed by atoms with Gasteiger partial charge >= 0.3 is 0 Å². The van der Waals surface area contributed by atoms with Gasteiger partial charge < -0.3 is 10.1 Å². The van der Waals surface area contributed by atoms with Gasteiger partial charge in [0.15, 0.2) is 17.3 Å². The van der Waals surface area contributed by atoms with Gasteiger partial charge in [0.2, 0.25) is 0 Å². The molecule has 0 amide bonds. The zero-order valence-electron chi connectivity index (χ0n) is 10.7. The summed E-state index contributed by atoms with van der Waals surface area (Å²) in [4.78, 5) is 12.2. The van der Waals surface area contributed by atoms with E-state index in [0.717, 1.165) is 5.69 Å². The first-order chi connectivity index (χ1) is 9.15. The summed E-state index contributed by atoms with van der Waals surface area (Å²) in [5, 5.41) is 2.96. The number of carbonyl (C=O) groups excluding carboxylic acids is 1. The minimum Gasteiger partial charge on any atom is -0.494 e. The van der Waals surface area contributed by atoms with Gasteiger partial charge in [0.1, 0.15) is 0 Å². The lowest BCUT2D eigenvalue weighted by atomic mass is 10.0. The molecular formula is C15H14FNO2. The molecule has 0 radical (unpaired) electrons. The first-order valence-electron chi connectivity index (χ1n) is 5.81. The van der Waals surface area contributed by atoms with Crippen LogP contribution in [0.3, 0.4) is 0 Å². The first-order valence-corrected chi connectivity index (χ1v) is 5.81. The van der Waals surface area contributed by atoms with E-state index in [1.165, 1.54) is 19.2 Å². The van der Waals surface area contributed by atoms with Crippen molar-refractivity contribution in [2.45, 2.75) is 0 Å². The van der Waals surface area contributed by atoms with Crippen LogP contribution in [0.25, 0.3) is 0 Å². The summed E-state index contributed by atoms with van der Waals surface area (Å²) in [6.07, 6.45) is 0. The van der Waals surface area contributed by atoms with Crippen LogP contribution in [0.4, 0.5) is 10.1 Å². The lowest BCUT2D eigenvalue weighted by Gasteiger charge is -2.06. The summed E-state index contributed by atoms with van der Waals surface area (Å²) in [6.45, 7) is 0. The van der Waals surface area contributed by atoms with Gasteiger partial charge in [-0.15, -0.1) is 0 Å². The quantitative estimate of drug-likeness (QED) is 0.857. The van der Waals surface area contributed by atoms with Crippen molar-refractivity contribution in [2.24, 2.45) is 0 Å². The van der Waals surface area contributed by atoms with E-state index in [0.29, 0.717) is 11.1 Å². The number of nitrogens with one attached hydrogen (secondary N) is 1. The van der Waals surface area contributed by atoms with Crippen molar-refractivity contribution in [1.29, 1.82) is 0 Å². The molecule has 0 bridgehead atoms. The molecule has 0 saturated heterocycles. The van der Waals surface area contributed by atoms with Crippen molar-refractivity contribution in [2.75, 3.05) is 19.5 Å². The highest BCUT2D eigenvalue weighted by Gasteiger charge is 2.12. The van der Waals surface area contributed by atoms with Crippen molar-refractivity contribution in [3.8, 4) is 5.75 Å². The summed E-state index contributed by atoms with van der Waals surface area (Å²) in [5.41, 5.74) is 1.64. The second-order valence-corrected chi connectivity index (χ2v) is 4.01. The average molecular weight is 259 g/mol. The Morgan fingerprint density at radius 2 is 1.89 bits per heavy atom. The second kappa shape index (κ2) is 5.52. The van der Waals surface area contributed by atoms with Crippen LogP contribution in [0.1, 0.15) is 15.9 Å². The predicted molar refractivity (Wildman–Crippen MR) is 72.4 cm³/mol. The molecular weight excluding hydrogens is 245 g/mol. The predicted octanol–water partition coefficient (Wildman–Crippen LogP) is 3.11. The molecule has 2 aromatic carbocycles. The van der Waals surface area contributed by atoms with Crippen LogP contribution < -0.4 is 10.1 Å². The third-order valence-electron chi connectivity index (χ3n) is 2.83. The minimum absolute atomic E-state index is 0.125. The molecule has 0 spiro atoms. The van der Waals surface area contributed by atoms with Crippen molar-refractivity contribution in [3.05, 3.63) is 59.4 Å². The van der Waals surface area contributed by atoms with Crippen LogP contribution in [0.2, 0.25) is 0 Å². The molecule has 2 aromatic rings. The Labute approximate surface area is 111 Å². The lowest BCUT2D eigenvalue weighted by Crippen LogP contribution is -2.03. The summed E-state index contributed by atoms with van der Waals surface area (Å²) in [7, 11) is 3.16. The Balaban J connectivity index is 2.35. The largest absolute Gasteiger partial charge is 0.494 e. The average Bonchev–Trinajstić information content (AvgIpc) is 2.46. The molecule has 4 heteroatoms. The fourth-order valence-corrected chi connectivity index (χ4v) is 1.79. The standard InChI is InChI=1S/C15H14FNO2/c1-17-12-5-3-4-10(8-12)15(18)11-6-7-14(19-2)13(16)9-11/h3-9,17H,1-2H3. The fourth-order valence-electron chi connectivity index (χ4n) is 1.79. The maximum absolute atomic E-state index is 13.6. The molecule has 2 rings (SSSR count). The Bertz CT molecular complexity index is 611. The van der Waals surface area contributed by atoms with Crippen LogP contribution in [0, 0.1) is 5.82 Å². The molecule has 1 N–H and O–H groups in total. The molecule has 0 aliphatic heterocycles. The molecule has 0 aliphatic carbocycles. The van der Waals surface area contributed by atoms with Crippen molar-refractivity contribution in [3.63, 3.8) is 0 Å². The van der Waals surface area contributed by atoms with E-state index < -0.39 is 5.82 Å². The van der Waals surface area contributed by atoms with Gasteiger partial charge in [-0.05, 0) is 30.3 Å². The van der Waals surface area contributed by atoms with E-state index in [9.17, 15) is 9.18 Å². The Hall–Kier alpha value is -2.36. The summed E-state index contributed by atoms with van der Waals surface area (Å²) in [5.74, 6) is -0.641. The van der Waals surface area contributed by atoms with Gasteiger partial charge in [0.25, 0.3) is 0 Å². The molecule has 19 heavy (non-hydrogen) atoms. The van der Waals surface area contributed by atoms with Gasteiger partial charge in [-0.3, -0.25) is 4.79 Å². The van der Waals surface area contributed by atoms with Crippen LogP contribution in [-0.4, -0.2) is 19.9 Å². The maximum atomic E-state index is 13.6. The topological polar surface area (TPSA) is 38.3 Å². The number of methoxy groups -OCH3 is 1. The number of hydrogen-bond acceptors (Lipinski definition) is 3. The van der Waals surface area contributed by atoms with Gasteiger partial charge in [-0.1, -0.05) is 12.1 Å². The SMILES string of the molecule is CNc1cccc(C(=O)c2ccc(OC)c(F)c2)c1. The number of carbonyl (C=O) groups is 1. The van der Waals surface area contributed by atoms with Crippen LogP contribution in [0.5, 0.6) is 5.75 Å². The summed E-state index contributed by atoms with van der Waals surface area (Å²) < 4.78 is 18.4. The third-order valence-corrected chi connectivity index (χ3v) is 2.83. The molecule has 98 valence electrons. The molecule has 0 fully saturated rings. The van der Waals surface area contributed by atoms with Crippen LogP contribution >= 0.6 is 0 Å². The molecule has 3 nitrogen and oxygen atoms in total. The number of anilines is 1. The van der Waals surface area contributed by atoms with Crippen molar-refractivity contribution >= 4 is 11.5 Å². The molecule has 0 heterocycles. The van der Waals surface area contributed by atoms with E-state index in [1.54, 1.807) is 31.3 Å². The molecule has 0 atom stereocenters. The zero-order chi connectivity index (χ0) is 13.8. The maximum Gasteiger partial charge on any atom is 0.193 e. The molecule has 0 saturated carbocycles. The number of rotatable bonds is 4. The molecule has 0 aromatic heterocycles. The van der Waals surface area contributed by atoms with Gasteiger partial charge in [-0.2, -0.15) is 0 Å². The summed E-state index contributed by atoms with van der Waals surface area (Å²) in [6, 6.07) is 11.2. The number of benzene rings is 2. The van der Waals surface area contributed by atoms with Gasteiger partial charge in [-0.25, -0.2) is 4.39 Å². The zero-order valence-corrected chi connectivity index (χ0v) is 10.7. The van der Waals surface area contributed by atoms with Crippen molar-refractivity contribution < 1.29 is 13.9 Å². The Kier molecular flexibility index (Phi) is 3.80. The van der Waals surface area contributed by atoms with E-state index in [-0.39, 0.29) is 11.5 Å². The lowest BCUT2D eigenvalue weighted by molar-refractivity contribution is 0.103. The molecule has 0 aliphatic rings. The number of ether oxygens (including phenoxy) is 1. The number of hydrogen-bond donors (Lipinski definition) is 1.